The van der Waals surface area contributed by atoms with Gasteiger partial charge in [0.05, 0.1) is 25.3 Å². The molecule has 1 atom stereocenters. The molecule has 0 radical (unpaired) electrons. The third kappa shape index (κ3) is 4.51. The van der Waals surface area contributed by atoms with Gasteiger partial charge in [0.25, 0.3) is 0 Å². The first-order valence-corrected chi connectivity index (χ1v) is 10.7. The number of hydrogen-bond acceptors (Lipinski definition) is 6. The second-order valence-corrected chi connectivity index (χ2v) is 7.89. The number of anilines is 2. The number of nitrogens with one attached hydrogen (secondary N) is 1. The quantitative estimate of drug-likeness (QED) is 0.593. The van der Waals surface area contributed by atoms with Crippen molar-refractivity contribution in [3.63, 3.8) is 0 Å². The molecule has 0 spiro atoms. The molecule has 4 rings (SSSR count). The zero-order chi connectivity index (χ0) is 22.7. The number of fused-ring (bicyclic) bond motifs is 1. The Bertz CT molecular complexity index is 1150. The number of carbonyl (C=O) groups is 1. The summed E-state index contributed by atoms with van der Waals surface area (Å²) in [6, 6.07) is 11.8. The van der Waals surface area contributed by atoms with Gasteiger partial charge in [0.15, 0.2) is 0 Å². The Labute approximate surface area is 188 Å². The molecule has 1 unspecified atom stereocenters. The van der Waals surface area contributed by atoms with Crippen molar-refractivity contribution in [1.29, 1.82) is 0 Å². The fourth-order valence-corrected chi connectivity index (χ4v) is 3.84. The summed E-state index contributed by atoms with van der Waals surface area (Å²) < 4.78 is 11.0. The molecule has 1 N–H and O–H groups in total. The molecule has 1 aromatic carbocycles. The Morgan fingerprint density at radius 1 is 1.16 bits per heavy atom. The Hall–Kier alpha value is -3.61. The highest BCUT2D eigenvalue weighted by Gasteiger charge is 2.25. The molecule has 3 aromatic rings. The predicted octanol–water partition coefficient (Wildman–Crippen LogP) is 4.49. The van der Waals surface area contributed by atoms with Gasteiger partial charge in [0.1, 0.15) is 17.3 Å². The summed E-state index contributed by atoms with van der Waals surface area (Å²) in [5.74, 6) is 2.23. The van der Waals surface area contributed by atoms with Crippen molar-refractivity contribution >= 4 is 34.0 Å². The monoisotopic (exact) mass is 432 g/mol. The highest BCUT2D eigenvalue weighted by molar-refractivity contribution is 5.82. The minimum absolute atomic E-state index is 0.0342. The van der Waals surface area contributed by atoms with E-state index in [1.165, 1.54) is 0 Å². The van der Waals surface area contributed by atoms with Gasteiger partial charge in [-0.05, 0) is 49.6 Å². The number of rotatable bonds is 7. The lowest BCUT2D eigenvalue weighted by Gasteiger charge is -2.28. The van der Waals surface area contributed by atoms with Crippen LogP contribution in [0.5, 0.6) is 11.5 Å². The zero-order valence-electron chi connectivity index (χ0n) is 18.9. The Morgan fingerprint density at radius 3 is 2.53 bits per heavy atom. The Kier molecular flexibility index (Phi) is 6.25. The summed E-state index contributed by atoms with van der Waals surface area (Å²) in [5, 5.41) is 3.06. The van der Waals surface area contributed by atoms with Crippen molar-refractivity contribution in [1.82, 2.24) is 15.3 Å². The number of nitrogens with zero attached hydrogens (tertiary/aromatic N) is 3. The molecule has 3 heterocycles. The highest BCUT2D eigenvalue weighted by atomic mass is 16.5. The Balaban J connectivity index is 1.80. The molecular weight excluding hydrogens is 404 g/mol. The molecular formula is C25H28N4O3. The Morgan fingerprint density at radius 2 is 1.91 bits per heavy atom. The van der Waals surface area contributed by atoms with E-state index in [1.807, 2.05) is 43.5 Å². The minimum atomic E-state index is 0.0342. The zero-order valence-corrected chi connectivity index (χ0v) is 18.9. The van der Waals surface area contributed by atoms with Gasteiger partial charge < -0.3 is 19.7 Å². The third-order valence-corrected chi connectivity index (χ3v) is 5.82. The normalized spacial score (nSPS) is 16.2. The highest BCUT2D eigenvalue weighted by Crippen LogP contribution is 2.33. The molecule has 0 aliphatic carbocycles. The summed E-state index contributed by atoms with van der Waals surface area (Å²) in [6.45, 7) is 4.66. The van der Waals surface area contributed by atoms with Crippen LogP contribution in [0.4, 0.5) is 11.5 Å². The van der Waals surface area contributed by atoms with E-state index in [9.17, 15) is 4.79 Å². The standard InChI is InChI=1S/C25H28N4O3/c1-5-16(2)17-10-23-22(26-14-17)7-8-24(28-23)29(15-18-6-9-25(30)27-18)19-11-20(31-3)13-21(12-19)32-4/h5,7-8,10-14,18H,6,9,15H2,1-4H3,(H,27,30)/b16-5+. The van der Waals surface area contributed by atoms with Crippen molar-refractivity contribution in [3.05, 3.63) is 54.2 Å². The number of amides is 1. The van der Waals surface area contributed by atoms with Crippen LogP contribution in [0.3, 0.4) is 0 Å². The van der Waals surface area contributed by atoms with Crippen LogP contribution in [0, 0.1) is 0 Å². The average Bonchev–Trinajstić information content (AvgIpc) is 3.25. The minimum Gasteiger partial charge on any atom is -0.497 e. The molecule has 1 aliphatic heterocycles. The van der Waals surface area contributed by atoms with Gasteiger partial charge in [-0.25, -0.2) is 4.98 Å². The van der Waals surface area contributed by atoms with Gasteiger partial charge in [0.2, 0.25) is 5.91 Å². The first-order chi connectivity index (χ1) is 15.5. The number of benzene rings is 1. The van der Waals surface area contributed by atoms with Gasteiger partial charge >= 0.3 is 0 Å². The van der Waals surface area contributed by atoms with Gasteiger partial charge in [-0.3, -0.25) is 9.78 Å². The summed E-state index contributed by atoms with van der Waals surface area (Å²) in [6.07, 6.45) is 5.26. The van der Waals surface area contributed by atoms with Crippen molar-refractivity contribution in [2.45, 2.75) is 32.7 Å². The van der Waals surface area contributed by atoms with Crippen LogP contribution >= 0.6 is 0 Å². The molecule has 7 nitrogen and oxygen atoms in total. The number of methoxy groups -OCH3 is 2. The van der Waals surface area contributed by atoms with Gasteiger partial charge in [-0.2, -0.15) is 0 Å². The maximum absolute atomic E-state index is 11.8. The molecule has 1 amide bonds. The van der Waals surface area contributed by atoms with Crippen LogP contribution in [0.25, 0.3) is 16.6 Å². The molecule has 1 aliphatic rings. The SMILES string of the molecule is C/C=C(\C)c1cnc2ccc(N(CC3CCC(=O)N3)c3cc(OC)cc(OC)c3)nc2c1. The van der Waals surface area contributed by atoms with Crippen molar-refractivity contribution in [2.75, 3.05) is 25.7 Å². The topological polar surface area (TPSA) is 76.6 Å². The summed E-state index contributed by atoms with van der Waals surface area (Å²) >= 11 is 0. The lowest BCUT2D eigenvalue weighted by Crippen LogP contribution is -2.36. The van der Waals surface area contributed by atoms with Crippen LogP contribution in [-0.2, 0) is 4.79 Å². The predicted molar refractivity (Wildman–Crippen MR) is 127 cm³/mol. The van der Waals surface area contributed by atoms with E-state index in [1.54, 1.807) is 14.2 Å². The van der Waals surface area contributed by atoms with E-state index < -0.39 is 0 Å². The fraction of sp³-hybridized carbons (Fsp3) is 0.320. The molecule has 0 saturated carbocycles. The van der Waals surface area contributed by atoms with Crippen LogP contribution in [0.15, 0.2) is 48.7 Å². The molecule has 1 saturated heterocycles. The average molecular weight is 433 g/mol. The van der Waals surface area contributed by atoms with E-state index in [2.05, 4.69) is 34.3 Å². The smallest absolute Gasteiger partial charge is 0.220 e. The van der Waals surface area contributed by atoms with E-state index >= 15 is 0 Å². The molecule has 7 heteroatoms. The maximum Gasteiger partial charge on any atom is 0.220 e. The lowest BCUT2D eigenvalue weighted by molar-refractivity contribution is -0.119. The summed E-state index contributed by atoms with van der Waals surface area (Å²) in [4.78, 5) is 23.4. The molecule has 166 valence electrons. The largest absolute Gasteiger partial charge is 0.497 e. The lowest BCUT2D eigenvalue weighted by atomic mass is 10.1. The number of carbonyl (C=O) groups excluding carboxylic acids is 1. The third-order valence-electron chi connectivity index (χ3n) is 5.82. The molecule has 2 aromatic heterocycles. The molecule has 0 bridgehead atoms. The number of ether oxygens (including phenoxy) is 2. The van der Waals surface area contributed by atoms with E-state index in [-0.39, 0.29) is 11.9 Å². The van der Waals surface area contributed by atoms with Gasteiger partial charge in [-0.1, -0.05) is 6.08 Å². The van der Waals surface area contributed by atoms with Crippen LogP contribution in [-0.4, -0.2) is 42.7 Å². The van der Waals surface area contributed by atoms with E-state index in [0.29, 0.717) is 24.5 Å². The maximum atomic E-state index is 11.8. The van der Waals surface area contributed by atoms with Gasteiger partial charge in [0, 0.05) is 49.1 Å². The second-order valence-electron chi connectivity index (χ2n) is 7.89. The molecule has 32 heavy (non-hydrogen) atoms. The summed E-state index contributed by atoms with van der Waals surface area (Å²) in [5.41, 5.74) is 4.72. The fourth-order valence-electron chi connectivity index (χ4n) is 3.84. The number of aromatic nitrogens is 2. The van der Waals surface area contributed by atoms with E-state index in [0.717, 1.165) is 40.1 Å². The number of allylic oxidation sites excluding steroid dienone is 2. The van der Waals surface area contributed by atoms with Crippen LogP contribution in [0.2, 0.25) is 0 Å². The van der Waals surface area contributed by atoms with Gasteiger partial charge in [-0.15, -0.1) is 0 Å². The van der Waals surface area contributed by atoms with E-state index in [4.69, 9.17) is 14.5 Å². The number of hydrogen-bond donors (Lipinski definition) is 1. The van der Waals surface area contributed by atoms with Crippen molar-refractivity contribution < 1.29 is 14.3 Å². The van der Waals surface area contributed by atoms with Crippen molar-refractivity contribution in [3.8, 4) is 11.5 Å². The summed E-state index contributed by atoms with van der Waals surface area (Å²) in [7, 11) is 3.26. The number of pyridine rings is 2. The molecule has 1 fully saturated rings. The van der Waals surface area contributed by atoms with Crippen LogP contribution in [0.1, 0.15) is 32.3 Å². The first kappa shape index (κ1) is 21.6. The van der Waals surface area contributed by atoms with Crippen molar-refractivity contribution in [2.24, 2.45) is 0 Å². The second kappa shape index (κ2) is 9.26. The van der Waals surface area contributed by atoms with Crippen LogP contribution < -0.4 is 19.7 Å². The first-order valence-electron chi connectivity index (χ1n) is 10.7.